The van der Waals surface area contributed by atoms with E-state index in [4.69, 9.17) is 4.52 Å². The summed E-state index contributed by atoms with van der Waals surface area (Å²) in [6, 6.07) is 5.60. The molecule has 1 heterocycles. The van der Waals surface area contributed by atoms with E-state index in [1.54, 1.807) is 12.3 Å². The van der Waals surface area contributed by atoms with E-state index in [1.165, 1.54) is 18.2 Å². The molecule has 5 heteroatoms. The average Bonchev–Trinajstić information content (AvgIpc) is 3.04. The Bertz CT molecular complexity index is 858. The van der Waals surface area contributed by atoms with Crippen molar-refractivity contribution in [1.82, 2.24) is 5.16 Å². The van der Waals surface area contributed by atoms with E-state index in [-0.39, 0.29) is 29.0 Å². The summed E-state index contributed by atoms with van der Waals surface area (Å²) in [7, 11) is 0. The van der Waals surface area contributed by atoms with Crippen molar-refractivity contribution < 1.29 is 18.5 Å². The Hall–Kier alpha value is -2.30. The van der Waals surface area contributed by atoms with Gasteiger partial charge in [-0.3, -0.25) is 9.59 Å². The van der Waals surface area contributed by atoms with Gasteiger partial charge in [0.1, 0.15) is 17.4 Å². The number of carbonyl (C=O) groups is 2. The fourth-order valence-electron chi connectivity index (χ4n) is 4.85. The van der Waals surface area contributed by atoms with Crippen LogP contribution in [0.3, 0.4) is 0 Å². The predicted octanol–water partition coefficient (Wildman–Crippen LogP) is 3.96. The number of carbonyl (C=O) groups excluding carboxylic acids is 2. The largest absolute Gasteiger partial charge is 0.361 e. The van der Waals surface area contributed by atoms with Crippen molar-refractivity contribution in [2.24, 2.45) is 17.3 Å². The lowest BCUT2D eigenvalue weighted by Crippen LogP contribution is -2.51. The smallest absolute Gasteiger partial charge is 0.173 e. The van der Waals surface area contributed by atoms with Crippen LogP contribution >= 0.6 is 0 Å². The minimum Gasteiger partial charge on any atom is -0.361 e. The summed E-state index contributed by atoms with van der Waals surface area (Å²) >= 11 is 0. The van der Waals surface area contributed by atoms with E-state index in [0.717, 1.165) is 17.7 Å². The van der Waals surface area contributed by atoms with E-state index >= 15 is 0 Å². The maximum absolute atomic E-state index is 13.5. The zero-order valence-electron chi connectivity index (χ0n) is 14.3. The quantitative estimate of drug-likeness (QED) is 0.613. The first kappa shape index (κ1) is 16.2. The van der Waals surface area contributed by atoms with Crippen LogP contribution in [0, 0.1) is 23.1 Å². The standard InChI is InChI=1S/C20H20FNO3/c1-11-16-7-6-15(17(23)12-4-3-5-14(21)8-12)19(24)20(16,2)9-13-10-22-25-18(11)13/h3-5,8,10-11,15-16H,6-7,9H2,1-2H3/t11-,15?,16-,20-/m1/s1. The first-order valence-corrected chi connectivity index (χ1v) is 8.69. The number of aromatic nitrogens is 1. The Balaban J connectivity index is 1.68. The van der Waals surface area contributed by atoms with Crippen molar-refractivity contribution >= 4 is 11.6 Å². The fraction of sp³-hybridized carbons (Fsp3) is 0.450. The van der Waals surface area contributed by atoms with Gasteiger partial charge in [-0.15, -0.1) is 0 Å². The van der Waals surface area contributed by atoms with Gasteiger partial charge < -0.3 is 4.52 Å². The molecular weight excluding hydrogens is 321 g/mol. The van der Waals surface area contributed by atoms with Gasteiger partial charge in [0, 0.05) is 22.5 Å². The first-order chi connectivity index (χ1) is 11.9. The van der Waals surface area contributed by atoms with Crippen LogP contribution in [0.2, 0.25) is 0 Å². The van der Waals surface area contributed by atoms with E-state index in [1.807, 2.05) is 6.92 Å². The Labute approximate surface area is 145 Å². The van der Waals surface area contributed by atoms with Crippen molar-refractivity contribution in [2.75, 3.05) is 0 Å². The Morgan fingerprint density at radius 3 is 2.92 bits per heavy atom. The number of Topliss-reactive ketones (excluding diaryl/α,β-unsaturated/α-hetero) is 2. The lowest BCUT2D eigenvalue weighted by atomic mass is 9.53. The number of rotatable bonds is 2. The molecule has 2 aromatic rings. The molecule has 0 aliphatic heterocycles. The van der Waals surface area contributed by atoms with E-state index < -0.39 is 17.2 Å². The molecule has 25 heavy (non-hydrogen) atoms. The topological polar surface area (TPSA) is 60.2 Å². The number of hydrogen-bond donors (Lipinski definition) is 0. The maximum atomic E-state index is 13.5. The van der Waals surface area contributed by atoms with Crippen LogP contribution in [0.15, 0.2) is 35.0 Å². The number of fused-ring (bicyclic) bond motifs is 2. The van der Waals surface area contributed by atoms with Gasteiger partial charge >= 0.3 is 0 Å². The van der Waals surface area contributed by atoms with E-state index in [9.17, 15) is 14.0 Å². The summed E-state index contributed by atoms with van der Waals surface area (Å²) in [6.07, 6.45) is 3.50. The molecule has 0 radical (unpaired) electrons. The highest BCUT2D eigenvalue weighted by Crippen LogP contribution is 2.54. The Kier molecular flexibility index (Phi) is 3.63. The number of benzene rings is 1. The molecule has 0 bridgehead atoms. The van der Waals surface area contributed by atoms with Crippen LogP contribution in [0.1, 0.15) is 54.3 Å². The molecule has 4 atom stereocenters. The van der Waals surface area contributed by atoms with E-state index in [0.29, 0.717) is 12.8 Å². The molecular formula is C20H20FNO3. The monoisotopic (exact) mass is 341 g/mol. The van der Waals surface area contributed by atoms with Crippen LogP contribution in [0.5, 0.6) is 0 Å². The van der Waals surface area contributed by atoms with Gasteiger partial charge in [0.25, 0.3) is 0 Å². The summed E-state index contributed by atoms with van der Waals surface area (Å²) in [5.41, 5.74) is 0.623. The van der Waals surface area contributed by atoms with Crippen molar-refractivity contribution in [1.29, 1.82) is 0 Å². The van der Waals surface area contributed by atoms with Crippen LogP contribution in [-0.2, 0) is 11.2 Å². The molecule has 4 nitrogen and oxygen atoms in total. The SMILES string of the molecule is C[C@H]1c2oncc2C[C@@]2(C)C(=O)C(C(=O)c3cccc(F)c3)CC[C@H]12. The van der Waals surface area contributed by atoms with E-state index in [2.05, 4.69) is 12.1 Å². The molecule has 2 aliphatic rings. The molecule has 130 valence electrons. The van der Waals surface area contributed by atoms with Crippen molar-refractivity contribution in [3.8, 4) is 0 Å². The van der Waals surface area contributed by atoms with Crippen LogP contribution in [0.25, 0.3) is 0 Å². The van der Waals surface area contributed by atoms with Gasteiger partial charge in [-0.25, -0.2) is 4.39 Å². The third-order valence-corrected chi connectivity index (χ3v) is 6.14. The predicted molar refractivity (Wildman–Crippen MR) is 88.7 cm³/mol. The fourth-order valence-corrected chi connectivity index (χ4v) is 4.85. The molecule has 1 aromatic carbocycles. The Morgan fingerprint density at radius 1 is 1.36 bits per heavy atom. The molecule has 1 aromatic heterocycles. The average molecular weight is 341 g/mol. The summed E-state index contributed by atoms with van der Waals surface area (Å²) in [6.45, 7) is 4.02. The Morgan fingerprint density at radius 2 is 2.16 bits per heavy atom. The summed E-state index contributed by atoms with van der Waals surface area (Å²) in [4.78, 5) is 26.1. The second-order valence-electron chi connectivity index (χ2n) is 7.57. The number of halogens is 1. The zero-order chi connectivity index (χ0) is 17.8. The second kappa shape index (κ2) is 5.61. The molecule has 0 N–H and O–H groups in total. The molecule has 0 amide bonds. The van der Waals surface area contributed by atoms with Crippen molar-refractivity contribution in [2.45, 2.75) is 39.0 Å². The van der Waals surface area contributed by atoms with Gasteiger partial charge in [-0.05, 0) is 37.3 Å². The number of nitrogens with zero attached hydrogens (tertiary/aromatic N) is 1. The highest BCUT2D eigenvalue weighted by Gasteiger charge is 2.55. The van der Waals surface area contributed by atoms with Crippen molar-refractivity contribution in [3.05, 3.63) is 53.2 Å². The molecule has 1 fully saturated rings. The molecule has 1 unspecified atom stereocenters. The molecule has 2 aliphatic carbocycles. The zero-order valence-corrected chi connectivity index (χ0v) is 14.3. The highest BCUT2D eigenvalue weighted by atomic mass is 19.1. The number of hydrogen-bond acceptors (Lipinski definition) is 4. The molecule has 4 rings (SSSR count). The highest BCUT2D eigenvalue weighted by molar-refractivity contribution is 6.12. The normalized spacial score (nSPS) is 31.3. The lowest BCUT2D eigenvalue weighted by molar-refractivity contribution is -0.139. The summed E-state index contributed by atoms with van der Waals surface area (Å²) in [5.74, 6) is -0.354. The van der Waals surface area contributed by atoms with Gasteiger partial charge in [0.05, 0.1) is 12.1 Å². The third kappa shape index (κ3) is 2.36. The van der Waals surface area contributed by atoms with Crippen LogP contribution < -0.4 is 0 Å². The van der Waals surface area contributed by atoms with Gasteiger partial charge in [-0.2, -0.15) is 0 Å². The summed E-state index contributed by atoms with van der Waals surface area (Å²) in [5, 5.41) is 3.88. The molecule has 1 saturated carbocycles. The van der Waals surface area contributed by atoms with Crippen LogP contribution in [0.4, 0.5) is 4.39 Å². The van der Waals surface area contributed by atoms with Gasteiger partial charge in [0.15, 0.2) is 5.78 Å². The first-order valence-electron chi connectivity index (χ1n) is 8.69. The lowest BCUT2D eigenvalue weighted by Gasteiger charge is -2.47. The minimum absolute atomic E-state index is 0.0308. The van der Waals surface area contributed by atoms with Gasteiger partial charge in [-0.1, -0.05) is 31.1 Å². The minimum atomic E-state index is -0.698. The number of ketones is 2. The third-order valence-electron chi connectivity index (χ3n) is 6.14. The molecule has 0 saturated heterocycles. The molecule has 0 spiro atoms. The van der Waals surface area contributed by atoms with Crippen molar-refractivity contribution in [3.63, 3.8) is 0 Å². The van der Waals surface area contributed by atoms with Gasteiger partial charge in [0.2, 0.25) is 0 Å². The maximum Gasteiger partial charge on any atom is 0.173 e. The second-order valence-corrected chi connectivity index (χ2v) is 7.57. The van der Waals surface area contributed by atoms with Crippen LogP contribution in [-0.4, -0.2) is 16.7 Å². The summed E-state index contributed by atoms with van der Waals surface area (Å²) < 4.78 is 18.8.